The predicted molar refractivity (Wildman–Crippen MR) is 93.7 cm³/mol. The molecule has 1 N–H and O–H groups in total. The summed E-state index contributed by atoms with van der Waals surface area (Å²) in [5.74, 6) is 0.384. The first-order valence-corrected chi connectivity index (χ1v) is 8.66. The van der Waals surface area contributed by atoms with Gasteiger partial charge in [0.2, 0.25) is 0 Å². The van der Waals surface area contributed by atoms with E-state index in [9.17, 15) is 14.9 Å². The number of nitrogens with one attached hydrogen (secondary N) is 1. The number of aryl methyl sites for hydroxylation is 3. The smallest absolute Gasteiger partial charge is 0.273 e. The maximum Gasteiger partial charge on any atom is 0.273 e. The number of nitro benzene ring substituents is 1. The normalized spacial score (nSPS) is 13.9. The minimum atomic E-state index is -0.417. The number of nitrogens with zero attached hydrogens (tertiary/aromatic N) is 2. The molecule has 4 rings (SSSR count). The fourth-order valence-corrected chi connectivity index (χ4v) is 4.52. The van der Waals surface area contributed by atoms with E-state index in [1.165, 1.54) is 10.9 Å². The highest BCUT2D eigenvalue weighted by molar-refractivity contribution is 7.18. The van der Waals surface area contributed by atoms with E-state index in [4.69, 9.17) is 0 Å². The summed E-state index contributed by atoms with van der Waals surface area (Å²) < 4.78 is 0. The number of rotatable bonds is 2. The highest BCUT2D eigenvalue weighted by atomic mass is 32.1. The maximum absolute atomic E-state index is 12.6. The number of H-pyrrole nitrogens is 1. The standard InChI is InChI=1S/C17H15N3O3S/c1-9-6-7-10(8-12(9)20(22)23)15-18-16(21)14-11-4-2-3-5-13(11)24-17(14)19-15/h6-8H,2-5H2,1H3,(H,18,19,21). The molecule has 24 heavy (non-hydrogen) atoms. The molecule has 1 aromatic carbocycles. The van der Waals surface area contributed by atoms with Crippen molar-refractivity contribution in [1.82, 2.24) is 9.97 Å². The van der Waals surface area contributed by atoms with E-state index in [1.54, 1.807) is 30.4 Å². The Morgan fingerprint density at radius 1 is 1.29 bits per heavy atom. The summed E-state index contributed by atoms with van der Waals surface area (Å²) in [4.78, 5) is 32.6. The molecule has 1 aliphatic carbocycles. The third-order valence-corrected chi connectivity index (χ3v) is 5.69. The first-order chi connectivity index (χ1) is 11.5. The van der Waals surface area contributed by atoms with Crippen LogP contribution in [0.15, 0.2) is 23.0 Å². The van der Waals surface area contributed by atoms with Crippen LogP contribution in [0.1, 0.15) is 28.8 Å². The van der Waals surface area contributed by atoms with Crippen molar-refractivity contribution in [3.05, 3.63) is 54.7 Å². The average molecular weight is 341 g/mol. The molecule has 3 aromatic rings. The van der Waals surface area contributed by atoms with Gasteiger partial charge in [0.25, 0.3) is 11.2 Å². The SMILES string of the molecule is Cc1ccc(-c2nc3sc4c(c3c(=O)[nH]2)CCCC4)cc1[N+](=O)[O-]. The van der Waals surface area contributed by atoms with Gasteiger partial charge in [0.05, 0.1) is 10.3 Å². The van der Waals surface area contributed by atoms with Crippen molar-refractivity contribution in [3.63, 3.8) is 0 Å². The fourth-order valence-electron chi connectivity index (χ4n) is 3.25. The van der Waals surface area contributed by atoms with Gasteiger partial charge in [0, 0.05) is 22.1 Å². The van der Waals surface area contributed by atoms with Crippen LogP contribution in [-0.4, -0.2) is 14.9 Å². The van der Waals surface area contributed by atoms with E-state index < -0.39 is 4.92 Å². The largest absolute Gasteiger partial charge is 0.306 e. The second-order valence-corrected chi connectivity index (χ2v) is 7.15. The summed E-state index contributed by atoms with van der Waals surface area (Å²) in [7, 11) is 0. The lowest BCUT2D eigenvalue weighted by Crippen LogP contribution is -2.11. The molecule has 122 valence electrons. The lowest BCUT2D eigenvalue weighted by Gasteiger charge is -2.09. The van der Waals surface area contributed by atoms with E-state index in [0.29, 0.717) is 22.3 Å². The first-order valence-electron chi connectivity index (χ1n) is 7.84. The Labute approximate surface area is 141 Å². The van der Waals surface area contributed by atoms with Crippen LogP contribution in [0.4, 0.5) is 5.69 Å². The zero-order valence-corrected chi connectivity index (χ0v) is 13.9. The van der Waals surface area contributed by atoms with Gasteiger partial charge in [-0.1, -0.05) is 12.1 Å². The molecule has 0 saturated carbocycles. The van der Waals surface area contributed by atoms with Crippen molar-refractivity contribution in [2.75, 3.05) is 0 Å². The third kappa shape index (κ3) is 2.32. The van der Waals surface area contributed by atoms with Crippen LogP contribution in [0, 0.1) is 17.0 Å². The molecule has 2 aromatic heterocycles. The number of hydrogen-bond acceptors (Lipinski definition) is 5. The number of hydrogen-bond donors (Lipinski definition) is 1. The molecular formula is C17H15N3O3S. The van der Waals surface area contributed by atoms with Crippen LogP contribution in [0.3, 0.4) is 0 Å². The topological polar surface area (TPSA) is 88.9 Å². The summed E-state index contributed by atoms with van der Waals surface area (Å²) in [6.07, 6.45) is 4.18. The molecule has 0 spiro atoms. The lowest BCUT2D eigenvalue weighted by atomic mass is 9.97. The number of nitro groups is 1. The minimum Gasteiger partial charge on any atom is -0.306 e. The van der Waals surface area contributed by atoms with Crippen LogP contribution < -0.4 is 5.56 Å². The zero-order valence-electron chi connectivity index (χ0n) is 13.1. The molecule has 0 saturated heterocycles. The van der Waals surface area contributed by atoms with Crippen LogP contribution >= 0.6 is 11.3 Å². The summed E-state index contributed by atoms with van der Waals surface area (Å²) in [6.45, 7) is 1.69. The zero-order chi connectivity index (χ0) is 16.8. The van der Waals surface area contributed by atoms with Gasteiger partial charge in [-0.2, -0.15) is 0 Å². The average Bonchev–Trinajstić information content (AvgIpc) is 2.93. The molecule has 7 heteroatoms. The minimum absolute atomic E-state index is 0.0284. The van der Waals surface area contributed by atoms with Crippen molar-refractivity contribution in [3.8, 4) is 11.4 Å². The van der Waals surface area contributed by atoms with E-state index in [-0.39, 0.29) is 11.2 Å². The van der Waals surface area contributed by atoms with Crippen LogP contribution in [0.25, 0.3) is 21.6 Å². The van der Waals surface area contributed by atoms with E-state index in [0.717, 1.165) is 36.1 Å². The molecule has 0 unspecified atom stereocenters. The van der Waals surface area contributed by atoms with Gasteiger partial charge in [0.15, 0.2) is 0 Å². The molecule has 0 fully saturated rings. The third-order valence-electron chi connectivity index (χ3n) is 4.50. The Bertz CT molecular complexity index is 1040. The molecule has 0 bridgehead atoms. The van der Waals surface area contributed by atoms with E-state index >= 15 is 0 Å². The Kier molecular flexibility index (Phi) is 3.45. The van der Waals surface area contributed by atoms with Crippen molar-refractivity contribution in [2.45, 2.75) is 32.6 Å². The van der Waals surface area contributed by atoms with Gasteiger partial charge in [-0.15, -0.1) is 11.3 Å². The van der Waals surface area contributed by atoms with Crippen molar-refractivity contribution in [1.29, 1.82) is 0 Å². The van der Waals surface area contributed by atoms with Crippen LogP contribution in [-0.2, 0) is 12.8 Å². The van der Waals surface area contributed by atoms with Gasteiger partial charge in [-0.05, 0) is 38.2 Å². The van der Waals surface area contributed by atoms with Gasteiger partial charge in [0.1, 0.15) is 10.7 Å². The van der Waals surface area contributed by atoms with Crippen molar-refractivity contribution in [2.24, 2.45) is 0 Å². The van der Waals surface area contributed by atoms with E-state index in [1.807, 2.05) is 0 Å². The number of fused-ring (bicyclic) bond motifs is 3. The van der Waals surface area contributed by atoms with Gasteiger partial charge < -0.3 is 4.98 Å². The maximum atomic E-state index is 12.6. The second kappa shape index (κ2) is 5.52. The number of aromatic nitrogens is 2. The molecular weight excluding hydrogens is 326 g/mol. The van der Waals surface area contributed by atoms with Gasteiger partial charge in [-0.3, -0.25) is 14.9 Å². The van der Waals surface area contributed by atoms with Crippen LogP contribution in [0.2, 0.25) is 0 Å². The summed E-state index contributed by atoms with van der Waals surface area (Å²) >= 11 is 1.57. The molecule has 0 aliphatic heterocycles. The van der Waals surface area contributed by atoms with E-state index in [2.05, 4.69) is 9.97 Å². The molecule has 0 amide bonds. The predicted octanol–water partition coefficient (Wildman–Crippen LogP) is 3.75. The highest BCUT2D eigenvalue weighted by Crippen LogP contribution is 2.34. The molecule has 0 atom stereocenters. The summed E-state index contributed by atoms with van der Waals surface area (Å²) in [5, 5.41) is 11.8. The Balaban J connectivity index is 1.91. The second-order valence-electron chi connectivity index (χ2n) is 6.06. The van der Waals surface area contributed by atoms with Crippen molar-refractivity contribution < 1.29 is 4.92 Å². The lowest BCUT2D eigenvalue weighted by molar-refractivity contribution is -0.385. The molecule has 1 aliphatic rings. The number of benzene rings is 1. The highest BCUT2D eigenvalue weighted by Gasteiger charge is 2.20. The molecule has 0 radical (unpaired) electrons. The summed E-state index contributed by atoms with van der Waals surface area (Å²) in [6, 6.07) is 4.89. The first kappa shape index (κ1) is 15.0. The number of thiophene rings is 1. The quantitative estimate of drug-likeness (QED) is 0.568. The van der Waals surface area contributed by atoms with Crippen LogP contribution in [0.5, 0.6) is 0 Å². The monoisotopic (exact) mass is 341 g/mol. The molecule has 2 heterocycles. The Morgan fingerprint density at radius 2 is 2.08 bits per heavy atom. The van der Waals surface area contributed by atoms with Gasteiger partial charge >= 0.3 is 0 Å². The Morgan fingerprint density at radius 3 is 2.88 bits per heavy atom. The summed E-state index contributed by atoms with van der Waals surface area (Å²) in [5.41, 5.74) is 2.14. The van der Waals surface area contributed by atoms with Gasteiger partial charge in [-0.25, -0.2) is 4.98 Å². The number of aromatic amines is 1. The Hall–Kier alpha value is -2.54. The fraction of sp³-hybridized carbons (Fsp3) is 0.294. The van der Waals surface area contributed by atoms with Crippen molar-refractivity contribution >= 4 is 27.2 Å². The molecule has 6 nitrogen and oxygen atoms in total.